The number of rotatable bonds is 4. The summed E-state index contributed by atoms with van der Waals surface area (Å²) < 4.78 is 0. The molecular formula is C18H29N3. The third-order valence-corrected chi connectivity index (χ3v) is 5.10. The van der Waals surface area contributed by atoms with E-state index in [2.05, 4.69) is 40.1 Å². The van der Waals surface area contributed by atoms with E-state index in [9.17, 15) is 0 Å². The largest absolute Gasteiger partial charge is 0.324 e. The van der Waals surface area contributed by atoms with Crippen LogP contribution in [0.5, 0.6) is 0 Å². The molecule has 1 aromatic rings. The maximum Gasteiger partial charge on any atom is 0.0283 e. The maximum atomic E-state index is 6.59. The van der Waals surface area contributed by atoms with Crippen molar-refractivity contribution in [1.82, 2.24) is 9.80 Å². The van der Waals surface area contributed by atoms with E-state index in [1.54, 1.807) is 0 Å². The minimum Gasteiger partial charge on any atom is -0.324 e. The topological polar surface area (TPSA) is 32.5 Å². The molecule has 21 heavy (non-hydrogen) atoms. The molecule has 2 fully saturated rings. The highest BCUT2D eigenvalue weighted by molar-refractivity contribution is 5.14. The lowest BCUT2D eigenvalue weighted by Gasteiger charge is -2.41. The van der Waals surface area contributed by atoms with Crippen LogP contribution in [0.1, 0.15) is 37.7 Å². The number of benzene rings is 1. The van der Waals surface area contributed by atoms with Crippen molar-refractivity contribution in [3.8, 4) is 0 Å². The summed E-state index contributed by atoms with van der Waals surface area (Å²) >= 11 is 0. The predicted molar refractivity (Wildman–Crippen MR) is 88.2 cm³/mol. The van der Waals surface area contributed by atoms with Gasteiger partial charge in [0.1, 0.15) is 0 Å². The highest BCUT2D eigenvalue weighted by Gasteiger charge is 2.30. The first-order valence-electron chi connectivity index (χ1n) is 8.51. The molecule has 1 saturated carbocycles. The van der Waals surface area contributed by atoms with E-state index in [0.717, 1.165) is 13.1 Å². The molecule has 116 valence electrons. The zero-order valence-corrected chi connectivity index (χ0v) is 13.1. The van der Waals surface area contributed by atoms with Gasteiger partial charge in [-0.2, -0.15) is 0 Å². The molecule has 1 saturated heterocycles. The second-order valence-corrected chi connectivity index (χ2v) is 6.96. The number of nitrogens with zero attached hydrogens (tertiary/aromatic N) is 2. The highest BCUT2D eigenvalue weighted by Crippen LogP contribution is 2.27. The molecule has 2 aliphatic rings. The van der Waals surface area contributed by atoms with Gasteiger partial charge in [0.15, 0.2) is 0 Å². The van der Waals surface area contributed by atoms with Crippen LogP contribution < -0.4 is 5.73 Å². The van der Waals surface area contributed by atoms with Crippen LogP contribution in [0, 0.1) is 0 Å². The summed E-state index contributed by atoms with van der Waals surface area (Å²) in [5.74, 6) is 0. The van der Waals surface area contributed by atoms with Gasteiger partial charge in [-0.05, 0) is 18.4 Å². The Bertz CT molecular complexity index is 417. The number of nitrogens with two attached hydrogens (primary N) is 1. The Morgan fingerprint density at radius 3 is 2.14 bits per heavy atom. The Kier molecular flexibility index (Phi) is 4.94. The maximum absolute atomic E-state index is 6.59. The molecule has 0 spiro atoms. The second-order valence-electron chi connectivity index (χ2n) is 6.96. The molecule has 0 atom stereocenters. The van der Waals surface area contributed by atoms with Crippen LogP contribution in [0.25, 0.3) is 0 Å². The van der Waals surface area contributed by atoms with Crippen LogP contribution in [0.4, 0.5) is 0 Å². The minimum absolute atomic E-state index is 0.0971. The van der Waals surface area contributed by atoms with Crippen LogP contribution in [0.2, 0.25) is 0 Å². The van der Waals surface area contributed by atoms with E-state index in [0.29, 0.717) is 0 Å². The predicted octanol–water partition coefficient (Wildman–Crippen LogP) is 2.47. The molecule has 1 heterocycles. The quantitative estimate of drug-likeness (QED) is 0.923. The fourth-order valence-electron chi connectivity index (χ4n) is 3.81. The van der Waals surface area contributed by atoms with Crippen molar-refractivity contribution >= 4 is 0 Å². The molecule has 1 aromatic carbocycles. The molecule has 3 rings (SSSR count). The summed E-state index contributed by atoms with van der Waals surface area (Å²) in [5.41, 5.74) is 8.11. The smallest absolute Gasteiger partial charge is 0.0283 e. The third-order valence-electron chi connectivity index (χ3n) is 5.10. The first-order chi connectivity index (χ1) is 10.2. The summed E-state index contributed by atoms with van der Waals surface area (Å²) in [4.78, 5) is 5.16. The van der Waals surface area contributed by atoms with Crippen molar-refractivity contribution in [2.24, 2.45) is 5.73 Å². The number of hydrogen-bond acceptors (Lipinski definition) is 3. The molecule has 0 unspecified atom stereocenters. The van der Waals surface area contributed by atoms with Crippen LogP contribution in [0.15, 0.2) is 30.3 Å². The third kappa shape index (κ3) is 4.29. The van der Waals surface area contributed by atoms with Gasteiger partial charge in [0.2, 0.25) is 0 Å². The van der Waals surface area contributed by atoms with Crippen molar-refractivity contribution in [1.29, 1.82) is 0 Å². The molecular weight excluding hydrogens is 258 g/mol. The summed E-state index contributed by atoms with van der Waals surface area (Å²) in [5, 5.41) is 0. The van der Waals surface area contributed by atoms with E-state index >= 15 is 0 Å². The van der Waals surface area contributed by atoms with Crippen molar-refractivity contribution in [3.63, 3.8) is 0 Å². The fraction of sp³-hybridized carbons (Fsp3) is 0.667. The van der Waals surface area contributed by atoms with E-state index in [4.69, 9.17) is 5.73 Å². The first-order valence-corrected chi connectivity index (χ1v) is 8.51. The second kappa shape index (κ2) is 6.91. The van der Waals surface area contributed by atoms with E-state index in [1.165, 1.54) is 63.8 Å². The fourth-order valence-corrected chi connectivity index (χ4v) is 3.81. The van der Waals surface area contributed by atoms with Crippen LogP contribution >= 0.6 is 0 Å². The van der Waals surface area contributed by atoms with Crippen LogP contribution in [0.3, 0.4) is 0 Å². The Labute approximate surface area is 129 Å². The van der Waals surface area contributed by atoms with Gasteiger partial charge in [-0.25, -0.2) is 0 Å². The molecule has 0 amide bonds. The average molecular weight is 287 g/mol. The lowest BCUT2D eigenvalue weighted by molar-refractivity contribution is 0.0951. The Morgan fingerprint density at radius 1 is 0.857 bits per heavy atom. The van der Waals surface area contributed by atoms with Gasteiger partial charge in [-0.15, -0.1) is 0 Å². The standard InChI is InChI=1S/C18H29N3/c19-18(9-5-2-6-10-18)16-21-13-11-20(12-14-21)15-17-7-3-1-4-8-17/h1,3-4,7-8H,2,5-6,9-16,19H2. The van der Waals surface area contributed by atoms with Crippen LogP contribution in [-0.4, -0.2) is 48.1 Å². The lowest BCUT2D eigenvalue weighted by Crippen LogP contribution is -2.55. The van der Waals surface area contributed by atoms with Gasteiger partial charge in [0, 0.05) is 44.8 Å². The van der Waals surface area contributed by atoms with Gasteiger partial charge < -0.3 is 5.73 Å². The highest BCUT2D eigenvalue weighted by atomic mass is 15.3. The van der Waals surface area contributed by atoms with Gasteiger partial charge in [-0.3, -0.25) is 9.80 Å². The van der Waals surface area contributed by atoms with Gasteiger partial charge in [0.05, 0.1) is 0 Å². The minimum atomic E-state index is 0.0971. The average Bonchev–Trinajstić information content (AvgIpc) is 2.51. The van der Waals surface area contributed by atoms with Gasteiger partial charge in [-0.1, -0.05) is 49.6 Å². The zero-order chi connectivity index (χ0) is 14.5. The molecule has 0 radical (unpaired) electrons. The van der Waals surface area contributed by atoms with Crippen molar-refractivity contribution < 1.29 is 0 Å². The Morgan fingerprint density at radius 2 is 1.48 bits per heavy atom. The van der Waals surface area contributed by atoms with E-state index in [-0.39, 0.29) is 5.54 Å². The van der Waals surface area contributed by atoms with Gasteiger partial charge in [0.25, 0.3) is 0 Å². The first kappa shape index (κ1) is 15.0. The molecule has 0 bridgehead atoms. The number of hydrogen-bond donors (Lipinski definition) is 1. The van der Waals surface area contributed by atoms with E-state index < -0.39 is 0 Å². The Balaban J connectivity index is 1.44. The summed E-state index contributed by atoms with van der Waals surface area (Å²) in [6.07, 6.45) is 6.47. The monoisotopic (exact) mass is 287 g/mol. The van der Waals surface area contributed by atoms with E-state index in [1.807, 2.05) is 0 Å². The molecule has 1 aliphatic carbocycles. The summed E-state index contributed by atoms with van der Waals surface area (Å²) in [7, 11) is 0. The van der Waals surface area contributed by atoms with Gasteiger partial charge >= 0.3 is 0 Å². The number of piperazine rings is 1. The Hall–Kier alpha value is -0.900. The van der Waals surface area contributed by atoms with Crippen molar-refractivity contribution in [3.05, 3.63) is 35.9 Å². The zero-order valence-electron chi connectivity index (χ0n) is 13.1. The molecule has 3 nitrogen and oxygen atoms in total. The summed E-state index contributed by atoms with van der Waals surface area (Å²) in [6, 6.07) is 10.8. The molecule has 2 N–H and O–H groups in total. The van der Waals surface area contributed by atoms with Crippen molar-refractivity contribution in [2.75, 3.05) is 32.7 Å². The molecule has 1 aliphatic heterocycles. The van der Waals surface area contributed by atoms with Crippen LogP contribution in [-0.2, 0) is 6.54 Å². The van der Waals surface area contributed by atoms with Crippen molar-refractivity contribution in [2.45, 2.75) is 44.2 Å². The molecule has 3 heteroatoms. The molecule has 0 aromatic heterocycles. The SMILES string of the molecule is NC1(CN2CCN(Cc3ccccc3)CC2)CCCCC1. The summed E-state index contributed by atoms with van der Waals surface area (Å²) in [6.45, 7) is 6.88. The lowest BCUT2D eigenvalue weighted by atomic mass is 9.82. The normalized spacial score (nSPS) is 24.0.